The third-order valence-electron chi connectivity index (χ3n) is 6.94. The Morgan fingerprint density at radius 3 is 2.36 bits per heavy atom. The molecule has 1 aliphatic carbocycles. The fourth-order valence-corrected chi connectivity index (χ4v) is 4.66. The molecule has 0 unspecified atom stereocenters. The second kappa shape index (κ2) is 10.2. The first-order valence-electron chi connectivity index (χ1n) is 12.4. The number of hydrogen-bond donors (Lipinski definition) is 1. The van der Waals surface area contributed by atoms with Crippen LogP contribution < -0.4 is 16.2 Å². The van der Waals surface area contributed by atoms with Crippen molar-refractivity contribution in [1.82, 2.24) is 9.55 Å². The highest BCUT2D eigenvalue weighted by molar-refractivity contribution is 5.47. The van der Waals surface area contributed by atoms with Crippen molar-refractivity contribution in [3.05, 3.63) is 87.7 Å². The summed E-state index contributed by atoms with van der Waals surface area (Å²) in [6.45, 7) is 3.73. The van der Waals surface area contributed by atoms with Gasteiger partial charge in [-0.25, -0.2) is 9.37 Å². The van der Waals surface area contributed by atoms with Gasteiger partial charge in [0.05, 0.1) is 36.0 Å². The van der Waals surface area contributed by atoms with Crippen LogP contribution in [0.3, 0.4) is 0 Å². The van der Waals surface area contributed by atoms with Crippen LogP contribution in [0.15, 0.2) is 59.5 Å². The van der Waals surface area contributed by atoms with Crippen molar-refractivity contribution < 1.29 is 9.13 Å². The van der Waals surface area contributed by atoms with Gasteiger partial charge in [0.2, 0.25) is 0 Å². The van der Waals surface area contributed by atoms with Crippen molar-refractivity contribution in [3.8, 4) is 11.8 Å². The number of aryl methyl sites for hydroxylation is 1. The van der Waals surface area contributed by atoms with Crippen molar-refractivity contribution in [1.29, 1.82) is 5.26 Å². The molecule has 3 heterocycles. The molecule has 1 saturated carbocycles. The molecule has 7 nitrogen and oxygen atoms in total. The van der Waals surface area contributed by atoms with Gasteiger partial charge in [-0.05, 0) is 80.1 Å². The summed E-state index contributed by atoms with van der Waals surface area (Å²) in [6.07, 6.45) is 5.89. The molecule has 1 aromatic heterocycles. The number of anilines is 1. The fourth-order valence-electron chi connectivity index (χ4n) is 4.66. The summed E-state index contributed by atoms with van der Waals surface area (Å²) in [7, 11) is 0. The van der Waals surface area contributed by atoms with Crippen molar-refractivity contribution in [2.75, 3.05) is 37.7 Å². The molecule has 3 aliphatic rings. The van der Waals surface area contributed by atoms with Crippen molar-refractivity contribution in [2.24, 2.45) is 11.1 Å². The Bertz CT molecular complexity index is 1300. The molecule has 2 aliphatic heterocycles. The molecule has 0 amide bonds. The highest BCUT2D eigenvalue weighted by atomic mass is 19.1. The van der Waals surface area contributed by atoms with Crippen LogP contribution in [0.5, 0.6) is 0 Å². The Hall–Kier alpha value is -3.54. The molecular weight excluding hydrogens is 457 g/mol. The molecule has 3 aromatic rings. The van der Waals surface area contributed by atoms with Gasteiger partial charge in [0.25, 0.3) is 5.56 Å². The second-order valence-electron chi connectivity index (χ2n) is 9.96. The van der Waals surface area contributed by atoms with Crippen LogP contribution in [0.2, 0.25) is 0 Å². The monoisotopic (exact) mass is 487 g/mol. The quantitative estimate of drug-likeness (QED) is 0.571. The lowest BCUT2D eigenvalue weighted by Gasteiger charge is -2.55. The first-order chi connectivity index (χ1) is 17.5. The second-order valence-corrected chi connectivity index (χ2v) is 9.96. The van der Waals surface area contributed by atoms with Crippen LogP contribution in [0.4, 0.5) is 10.2 Å². The lowest BCUT2D eigenvalue weighted by atomic mass is 9.78. The number of rotatable bonds is 6. The largest absolute Gasteiger partial charge is 0.380 e. The van der Waals surface area contributed by atoms with Gasteiger partial charge >= 0.3 is 0 Å². The first kappa shape index (κ1) is 24.2. The molecule has 2 N–H and O–H groups in total. The lowest BCUT2D eigenvalue weighted by Crippen LogP contribution is -2.67. The van der Waals surface area contributed by atoms with E-state index in [0.29, 0.717) is 17.9 Å². The molecule has 0 atom stereocenters. The summed E-state index contributed by atoms with van der Waals surface area (Å²) >= 11 is 0. The average molecular weight is 488 g/mol. The summed E-state index contributed by atoms with van der Waals surface area (Å²) in [4.78, 5) is 19.7. The molecule has 1 spiro atoms. The Kier molecular flexibility index (Phi) is 6.86. The van der Waals surface area contributed by atoms with Crippen LogP contribution in [0, 0.1) is 22.6 Å². The van der Waals surface area contributed by atoms with E-state index in [1.165, 1.54) is 30.5 Å². The maximum absolute atomic E-state index is 13.0. The van der Waals surface area contributed by atoms with Gasteiger partial charge in [-0.2, -0.15) is 5.26 Å². The van der Waals surface area contributed by atoms with Gasteiger partial charge in [-0.15, -0.1) is 0 Å². The molecule has 6 rings (SSSR count). The minimum Gasteiger partial charge on any atom is -0.380 e. The summed E-state index contributed by atoms with van der Waals surface area (Å²) in [6, 6.07) is 15.9. The fraction of sp³-hybridized carbons (Fsp3) is 0.393. The maximum Gasteiger partial charge on any atom is 0.298 e. The van der Waals surface area contributed by atoms with Gasteiger partial charge in [0.1, 0.15) is 5.82 Å². The number of hydrogen-bond acceptors (Lipinski definition) is 6. The SMILES string of the molecule is Fc1ccc(C2CC2)cc1.N#Cc1ccc(-n2cc(CCCN)nc(N3CC4(COC4)C3)c2=O)cc1. The number of nitriles is 1. The molecule has 36 heavy (non-hydrogen) atoms. The molecule has 2 saturated heterocycles. The van der Waals surface area contributed by atoms with E-state index in [1.807, 2.05) is 17.0 Å². The third kappa shape index (κ3) is 5.18. The van der Waals surface area contributed by atoms with Crippen molar-refractivity contribution in [3.63, 3.8) is 0 Å². The molecule has 186 valence electrons. The van der Waals surface area contributed by atoms with E-state index in [1.54, 1.807) is 35.0 Å². The van der Waals surface area contributed by atoms with E-state index in [9.17, 15) is 9.18 Å². The van der Waals surface area contributed by atoms with E-state index in [2.05, 4.69) is 11.1 Å². The highest BCUT2D eigenvalue weighted by Crippen LogP contribution is 2.40. The topological polar surface area (TPSA) is 97.2 Å². The van der Waals surface area contributed by atoms with Gasteiger partial charge in [0, 0.05) is 25.0 Å². The molecule has 0 bridgehead atoms. The van der Waals surface area contributed by atoms with Crippen molar-refractivity contribution in [2.45, 2.75) is 31.6 Å². The summed E-state index contributed by atoms with van der Waals surface area (Å²) in [5.41, 5.74) is 9.14. The predicted octanol–water partition coefficient (Wildman–Crippen LogP) is 3.54. The number of halogens is 1. The molecule has 8 heteroatoms. The van der Waals surface area contributed by atoms with Crippen LogP contribution in [0.25, 0.3) is 5.69 Å². The average Bonchev–Trinajstić information content (AvgIpc) is 3.69. The third-order valence-corrected chi connectivity index (χ3v) is 6.94. The lowest BCUT2D eigenvalue weighted by molar-refractivity contribution is -0.127. The van der Waals surface area contributed by atoms with E-state index in [4.69, 9.17) is 15.7 Å². The Morgan fingerprint density at radius 1 is 1.11 bits per heavy atom. The zero-order valence-corrected chi connectivity index (χ0v) is 20.2. The van der Waals surface area contributed by atoms with Crippen LogP contribution in [-0.2, 0) is 11.2 Å². The zero-order valence-electron chi connectivity index (χ0n) is 20.2. The number of ether oxygens (including phenoxy) is 1. The van der Waals surface area contributed by atoms with Crippen LogP contribution in [0.1, 0.15) is 42.0 Å². The van der Waals surface area contributed by atoms with E-state index in [-0.39, 0.29) is 16.8 Å². The number of benzene rings is 2. The normalized spacial score (nSPS) is 17.4. The highest BCUT2D eigenvalue weighted by Gasteiger charge is 2.50. The first-order valence-corrected chi connectivity index (χ1v) is 12.4. The predicted molar refractivity (Wildman–Crippen MR) is 136 cm³/mol. The van der Waals surface area contributed by atoms with Gasteiger partial charge < -0.3 is 15.4 Å². The Labute approximate surface area is 209 Å². The standard InChI is InChI=1S/C19H21N5O2.C9H9F/c20-7-1-2-15-9-24(16-5-3-14(8-21)4-6-16)18(25)17(22-15)23-10-19(11-23)12-26-13-19;10-9-5-3-8(4-6-9)7-1-2-7/h3-6,9H,1-2,7,10-13,20H2;3-7H,1-2H2. The Morgan fingerprint density at radius 2 is 1.81 bits per heavy atom. The van der Waals surface area contributed by atoms with Gasteiger partial charge in [0.15, 0.2) is 5.82 Å². The van der Waals surface area contributed by atoms with Crippen LogP contribution >= 0.6 is 0 Å². The molecular formula is C28H30FN5O2. The number of nitrogens with two attached hydrogens (primary N) is 1. The maximum atomic E-state index is 13.0. The van der Waals surface area contributed by atoms with Crippen molar-refractivity contribution >= 4 is 5.82 Å². The minimum atomic E-state index is -0.138. The number of nitrogens with zero attached hydrogens (tertiary/aromatic N) is 4. The molecule has 2 aromatic carbocycles. The summed E-state index contributed by atoms with van der Waals surface area (Å²) in [5, 5.41) is 8.97. The molecule has 0 radical (unpaired) electrons. The smallest absolute Gasteiger partial charge is 0.298 e. The summed E-state index contributed by atoms with van der Waals surface area (Å²) < 4.78 is 19.3. The minimum absolute atomic E-state index is 0.135. The summed E-state index contributed by atoms with van der Waals surface area (Å²) in [5.74, 6) is 1.09. The van der Waals surface area contributed by atoms with Gasteiger partial charge in [-0.1, -0.05) is 12.1 Å². The van der Waals surface area contributed by atoms with Crippen LogP contribution in [-0.4, -0.2) is 42.4 Å². The molecule has 3 fully saturated rings. The Balaban J connectivity index is 0.000000222. The van der Waals surface area contributed by atoms with E-state index >= 15 is 0 Å². The van der Waals surface area contributed by atoms with E-state index in [0.717, 1.165) is 56.4 Å². The zero-order chi connectivity index (χ0) is 25.1. The van der Waals surface area contributed by atoms with Gasteiger partial charge in [-0.3, -0.25) is 9.36 Å². The van der Waals surface area contributed by atoms with E-state index < -0.39 is 0 Å². The number of aromatic nitrogens is 2.